The van der Waals surface area contributed by atoms with E-state index in [1.54, 1.807) is 0 Å². The number of ether oxygens (including phenoxy) is 2. The van der Waals surface area contributed by atoms with Crippen LogP contribution in [0.25, 0.3) is 11.1 Å². The van der Waals surface area contributed by atoms with Gasteiger partial charge in [0.15, 0.2) is 11.5 Å². The first-order chi connectivity index (χ1) is 9.28. The fraction of sp³-hybridized carbons (Fsp3) is 0.357. The molecule has 0 bridgehead atoms. The molecule has 0 saturated heterocycles. The molecule has 2 aromatic rings. The minimum Gasteiger partial charge on any atom is -0.486 e. The zero-order valence-corrected chi connectivity index (χ0v) is 10.9. The molecule has 0 aliphatic carbocycles. The number of rotatable bonds is 3. The van der Waals surface area contributed by atoms with Crippen molar-refractivity contribution in [3.8, 4) is 22.6 Å². The van der Waals surface area contributed by atoms with E-state index in [-0.39, 0.29) is 0 Å². The quantitative estimate of drug-likeness (QED) is 0.904. The van der Waals surface area contributed by atoms with Gasteiger partial charge in [-0.05, 0) is 24.2 Å². The van der Waals surface area contributed by atoms with Crippen molar-refractivity contribution in [2.45, 2.75) is 6.42 Å². The summed E-state index contributed by atoms with van der Waals surface area (Å²) in [6.45, 7) is 1.80. The molecular formula is C14H17N3O2. The van der Waals surface area contributed by atoms with Gasteiger partial charge < -0.3 is 15.2 Å². The average Bonchev–Trinajstić information content (AvgIpc) is 2.80. The molecule has 0 radical (unpaired) electrons. The van der Waals surface area contributed by atoms with Gasteiger partial charge in [0.2, 0.25) is 0 Å². The van der Waals surface area contributed by atoms with Gasteiger partial charge in [-0.15, -0.1) is 0 Å². The van der Waals surface area contributed by atoms with E-state index < -0.39 is 0 Å². The summed E-state index contributed by atoms with van der Waals surface area (Å²) in [4.78, 5) is 0. The summed E-state index contributed by atoms with van der Waals surface area (Å²) in [5, 5.41) is 4.45. The Morgan fingerprint density at radius 2 is 2.05 bits per heavy atom. The Morgan fingerprint density at radius 1 is 1.26 bits per heavy atom. The molecule has 1 aromatic carbocycles. The van der Waals surface area contributed by atoms with E-state index in [1.807, 2.05) is 36.1 Å². The van der Waals surface area contributed by atoms with Crippen molar-refractivity contribution in [2.75, 3.05) is 19.8 Å². The van der Waals surface area contributed by atoms with Crippen LogP contribution in [-0.2, 0) is 13.5 Å². The Morgan fingerprint density at radius 3 is 2.84 bits per heavy atom. The minimum atomic E-state index is 0.592. The van der Waals surface area contributed by atoms with E-state index in [9.17, 15) is 0 Å². The van der Waals surface area contributed by atoms with Crippen LogP contribution in [0.4, 0.5) is 0 Å². The molecule has 1 aliphatic rings. The van der Waals surface area contributed by atoms with Crippen molar-refractivity contribution in [3.05, 3.63) is 30.1 Å². The van der Waals surface area contributed by atoms with Crippen molar-refractivity contribution in [1.29, 1.82) is 0 Å². The summed E-state index contributed by atoms with van der Waals surface area (Å²) in [6.07, 6.45) is 2.78. The van der Waals surface area contributed by atoms with E-state index in [1.165, 1.54) is 0 Å². The summed E-state index contributed by atoms with van der Waals surface area (Å²) in [5.41, 5.74) is 8.83. The highest BCUT2D eigenvalue weighted by Crippen LogP contribution is 2.35. The largest absolute Gasteiger partial charge is 0.486 e. The molecule has 2 N–H and O–H groups in total. The third kappa shape index (κ3) is 2.29. The second-order valence-electron chi connectivity index (χ2n) is 4.56. The van der Waals surface area contributed by atoms with Crippen molar-refractivity contribution in [3.63, 3.8) is 0 Å². The number of hydrogen-bond donors (Lipinski definition) is 1. The van der Waals surface area contributed by atoms with Crippen molar-refractivity contribution >= 4 is 0 Å². The maximum atomic E-state index is 5.63. The highest BCUT2D eigenvalue weighted by Gasteiger charge is 2.15. The van der Waals surface area contributed by atoms with Crippen LogP contribution in [0.1, 0.15) is 5.69 Å². The third-order valence-electron chi connectivity index (χ3n) is 3.14. The molecule has 100 valence electrons. The smallest absolute Gasteiger partial charge is 0.161 e. The molecule has 3 rings (SSSR count). The summed E-state index contributed by atoms with van der Waals surface area (Å²) in [7, 11) is 1.92. The van der Waals surface area contributed by atoms with Crippen LogP contribution in [0.2, 0.25) is 0 Å². The molecule has 1 aliphatic heterocycles. The second kappa shape index (κ2) is 4.93. The van der Waals surface area contributed by atoms with E-state index in [0.29, 0.717) is 19.8 Å². The average molecular weight is 259 g/mol. The SMILES string of the molecule is Cn1cc(-c2ccc3c(c2)OCCO3)c(CCN)n1. The standard InChI is InChI=1S/C14H17N3O2/c1-17-9-11(12(16-17)4-5-15)10-2-3-13-14(8-10)19-7-6-18-13/h2-3,8-9H,4-7,15H2,1H3. The first kappa shape index (κ1) is 12.0. The number of hydrogen-bond acceptors (Lipinski definition) is 4. The molecule has 5 nitrogen and oxygen atoms in total. The van der Waals surface area contributed by atoms with Crippen molar-refractivity contribution in [1.82, 2.24) is 9.78 Å². The Balaban J connectivity index is 2.01. The van der Waals surface area contributed by atoms with Gasteiger partial charge >= 0.3 is 0 Å². The minimum absolute atomic E-state index is 0.592. The predicted octanol–water partition coefficient (Wildman–Crippen LogP) is 1.36. The number of nitrogens with two attached hydrogens (primary N) is 1. The molecule has 0 fully saturated rings. The normalized spacial score (nSPS) is 13.6. The monoisotopic (exact) mass is 259 g/mol. The van der Waals surface area contributed by atoms with Crippen LogP contribution in [-0.4, -0.2) is 29.5 Å². The van der Waals surface area contributed by atoms with Crippen molar-refractivity contribution in [2.24, 2.45) is 12.8 Å². The molecule has 19 heavy (non-hydrogen) atoms. The molecule has 0 spiro atoms. The summed E-state index contributed by atoms with van der Waals surface area (Å²) < 4.78 is 13.0. The third-order valence-corrected chi connectivity index (χ3v) is 3.14. The van der Waals surface area contributed by atoms with E-state index in [0.717, 1.165) is 34.7 Å². The molecule has 2 heterocycles. The van der Waals surface area contributed by atoms with E-state index >= 15 is 0 Å². The summed E-state index contributed by atoms with van der Waals surface area (Å²) >= 11 is 0. The lowest BCUT2D eigenvalue weighted by Gasteiger charge is -2.18. The van der Waals surface area contributed by atoms with Gasteiger partial charge in [-0.3, -0.25) is 4.68 Å². The highest BCUT2D eigenvalue weighted by molar-refractivity contribution is 5.69. The zero-order valence-electron chi connectivity index (χ0n) is 10.9. The fourth-order valence-electron chi connectivity index (χ4n) is 2.31. The van der Waals surface area contributed by atoms with E-state index in [2.05, 4.69) is 5.10 Å². The maximum absolute atomic E-state index is 5.63. The predicted molar refractivity (Wildman–Crippen MR) is 72.4 cm³/mol. The summed E-state index contributed by atoms with van der Waals surface area (Å²) in [5.74, 6) is 1.60. The second-order valence-corrected chi connectivity index (χ2v) is 4.56. The first-order valence-corrected chi connectivity index (χ1v) is 6.40. The molecular weight excluding hydrogens is 242 g/mol. The number of aryl methyl sites for hydroxylation is 1. The van der Waals surface area contributed by atoms with Gasteiger partial charge in [0, 0.05) is 25.2 Å². The lowest BCUT2D eigenvalue weighted by molar-refractivity contribution is 0.171. The van der Waals surface area contributed by atoms with Crippen LogP contribution in [0.15, 0.2) is 24.4 Å². The molecule has 0 saturated carbocycles. The first-order valence-electron chi connectivity index (χ1n) is 6.40. The fourth-order valence-corrected chi connectivity index (χ4v) is 2.31. The van der Waals surface area contributed by atoms with Crippen LogP contribution < -0.4 is 15.2 Å². The molecule has 1 aromatic heterocycles. The zero-order chi connectivity index (χ0) is 13.2. The lowest BCUT2D eigenvalue weighted by atomic mass is 10.0. The Bertz CT molecular complexity index is 592. The van der Waals surface area contributed by atoms with Gasteiger partial charge in [-0.2, -0.15) is 5.10 Å². The molecule has 5 heteroatoms. The summed E-state index contributed by atoms with van der Waals surface area (Å²) in [6, 6.07) is 5.99. The van der Waals surface area contributed by atoms with Crippen LogP contribution in [0.5, 0.6) is 11.5 Å². The van der Waals surface area contributed by atoms with Gasteiger partial charge in [0.05, 0.1) is 5.69 Å². The molecule has 0 atom stereocenters. The van der Waals surface area contributed by atoms with Gasteiger partial charge in [-0.25, -0.2) is 0 Å². The number of fused-ring (bicyclic) bond motifs is 1. The lowest BCUT2D eigenvalue weighted by Crippen LogP contribution is -2.15. The van der Waals surface area contributed by atoms with Gasteiger partial charge in [0.1, 0.15) is 13.2 Å². The number of aromatic nitrogens is 2. The Hall–Kier alpha value is -2.01. The van der Waals surface area contributed by atoms with Gasteiger partial charge in [-0.1, -0.05) is 6.07 Å². The van der Waals surface area contributed by atoms with Crippen LogP contribution in [0, 0.1) is 0 Å². The number of benzene rings is 1. The van der Waals surface area contributed by atoms with Gasteiger partial charge in [0.25, 0.3) is 0 Å². The Labute approximate surface area is 111 Å². The van der Waals surface area contributed by atoms with E-state index in [4.69, 9.17) is 15.2 Å². The van der Waals surface area contributed by atoms with Crippen molar-refractivity contribution < 1.29 is 9.47 Å². The molecule has 0 unspecified atom stereocenters. The number of nitrogens with zero attached hydrogens (tertiary/aromatic N) is 2. The Kier molecular flexibility index (Phi) is 3.13. The molecule has 0 amide bonds. The topological polar surface area (TPSA) is 62.3 Å². The van der Waals surface area contributed by atoms with Crippen LogP contribution in [0.3, 0.4) is 0 Å². The highest BCUT2D eigenvalue weighted by atomic mass is 16.6. The van der Waals surface area contributed by atoms with Crippen LogP contribution >= 0.6 is 0 Å². The maximum Gasteiger partial charge on any atom is 0.161 e.